The predicted octanol–water partition coefficient (Wildman–Crippen LogP) is 3.00. The van der Waals surface area contributed by atoms with Gasteiger partial charge in [-0.15, -0.1) is 0 Å². The maximum Gasteiger partial charge on any atom is 0.344 e. The average molecular weight is 835 g/mol. The summed E-state index contributed by atoms with van der Waals surface area (Å²) < 4.78 is 29.3. The van der Waals surface area contributed by atoms with Gasteiger partial charge in [0.1, 0.15) is 0 Å². The molecule has 9 rings (SSSR count). The van der Waals surface area contributed by atoms with Crippen molar-refractivity contribution in [3.63, 3.8) is 0 Å². The fraction of sp³-hybridized carbons (Fsp3) is 0.574. The van der Waals surface area contributed by atoms with E-state index in [4.69, 9.17) is 23.7 Å². The first-order valence-corrected chi connectivity index (χ1v) is 21.6. The second-order valence-corrected chi connectivity index (χ2v) is 18.3. The Kier molecular flexibility index (Phi) is 10.2. The van der Waals surface area contributed by atoms with Crippen LogP contribution < -0.4 is 5.46 Å². The first-order valence-electron chi connectivity index (χ1n) is 21.6. The monoisotopic (exact) mass is 834 g/mol. The van der Waals surface area contributed by atoms with Crippen LogP contribution in [0.2, 0.25) is 0 Å². The summed E-state index contributed by atoms with van der Waals surface area (Å²) in [6.07, 6.45) is 11.2. The number of allylic oxidation sites excluding steroid dienone is 1. The lowest BCUT2D eigenvalue weighted by atomic mass is 9.46. The van der Waals surface area contributed by atoms with Crippen LogP contribution in [-0.2, 0) is 38.1 Å². The molecule has 2 aliphatic carbocycles. The highest BCUT2D eigenvalue weighted by atomic mass is 16.6. The second kappa shape index (κ2) is 14.8. The summed E-state index contributed by atoms with van der Waals surface area (Å²) >= 11 is 0. The van der Waals surface area contributed by atoms with Gasteiger partial charge < -0.3 is 33.7 Å². The van der Waals surface area contributed by atoms with Crippen LogP contribution in [-0.4, -0.2) is 149 Å². The van der Waals surface area contributed by atoms with Gasteiger partial charge in [-0.1, -0.05) is 60.7 Å². The lowest BCUT2D eigenvalue weighted by molar-refractivity contribution is -0.243. The first-order chi connectivity index (χ1) is 29.2. The molecule has 14 heteroatoms. The van der Waals surface area contributed by atoms with Crippen LogP contribution in [0.25, 0.3) is 5.57 Å². The number of methoxy groups -OCH3 is 4. The molecule has 3 fully saturated rings. The van der Waals surface area contributed by atoms with Crippen LogP contribution in [0.5, 0.6) is 0 Å². The van der Waals surface area contributed by atoms with Gasteiger partial charge in [-0.3, -0.25) is 19.4 Å². The van der Waals surface area contributed by atoms with E-state index in [9.17, 15) is 19.5 Å². The molecule has 2 saturated heterocycles. The Hall–Kier alpha value is -4.50. The van der Waals surface area contributed by atoms with E-state index >= 15 is 4.79 Å². The Balaban J connectivity index is 1.32. The van der Waals surface area contributed by atoms with Crippen molar-refractivity contribution in [3.8, 4) is 0 Å². The molecule has 13 nitrogen and oxygen atoms in total. The van der Waals surface area contributed by atoms with Gasteiger partial charge in [0.15, 0.2) is 13.4 Å². The topological polar surface area (TPSA) is 144 Å². The highest BCUT2D eigenvalue weighted by molar-refractivity contribution is 6.67. The van der Waals surface area contributed by atoms with Crippen molar-refractivity contribution in [1.29, 1.82) is 0 Å². The van der Waals surface area contributed by atoms with Crippen molar-refractivity contribution in [3.05, 3.63) is 82.0 Å². The summed E-state index contributed by atoms with van der Waals surface area (Å²) in [6, 6.07) is 4.37. The summed E-state index contributed by atoms with van der Waals surface area (Å²) in [5.74, 6) is -2.91. The van der Waals surface area contributed by atoms with E-state index in [0.29, 0.717) is 44.5 Å². The van der Waals surface area contributed by atoms with E-state index < -0.39 is 63.9 Å². The number of likely N-dealkylation sites (N-methyl/N-ethyl adjacent to an activating group) is 1. The van der Waals surface area contributed by atoms with Gasteiger partial charge in [0.25, 0.3) is 0 Å². The summed E-state index contributed by atoms with van der Waals surface area (Å²) in [5, 5.41) is 13.4. The molecule has 0 amide bonds. The van der Waals surface area contributed by atoms with E-state index in [2.05, 4.69) is 54.4 Å². The molecular weight excluding hydrogens is 777 g/mol. The summed E-state index contributed by atoms with van der Waals surface area (Å²) in [5.41, 5.74) is 1.57. The number of hydrogen-bond acceptors (Lipinski definition) is 13. The van der Waals surface area contributed by atoms with Gasteiger partial charge >= 0.3 is 23.9 Å². The Bertz CT molecular complexity index is 2250. The van der Waals surface area contributed by atoms with E-state index in [-0.39, 0.29) is 17.9 Å². The Morgan fingerprint density at radius 1 is 0.967 bits per heavy atom. The number of hydrogen-bond donors (Lipinski definition) is 1. The lowest BCUT2D eigenvalue weighted by Crippen LogP contribution is -2.79. The molecule has 6 aliphatic heterocycles. The van der Waals surface area contributed by atoms with Crippen LogP contribution in [0.3, 0.4) is 0 Å². The zero-order valence-electron chi connectivity index (χ0n) is 36.5. The fourth-order valence-electron chi connectivity index (χ4n) is 13.7. The molecule has 61 heavy (non-hydrogen) atoms. The Morgan fingerprint density at radius 3 is 2.41 bits per heavy atom. The minimum Gasteiger partial charge on any atom is -0.468 e. The predicted molar refractivity (Wildman–Crippen MR) is 226 cm³/mol. The molecule has 1 aromatic carbocycles. The summed E-state index contributed by atoms with van der Waals surface area (Å²) in [6.45, 7) is 8.89. The largest absolute Gasteiger partial charge is 0.468 e. The van der Waals surface area contributed by atoms with E-state index in [1.165, 1.54) is 33.8 Å². The summed E-state index contributed by atoms with van der Waals surface area (Å²) in [7, 11) is 9.71. The number of ether oxygens (including phenoxy) is 5. The number of nitrogens with zero attached hydrogens (tertiary/aromatic N) is 3. The zero-order valence-corrected chi connectivity index (χ0v) is 36.5. The molecule has 1 aromatic rings. The van der Waals surface area contributed by atoms with Crippen molar-refractivity contribution in [2.24, 2.45) is 28.1 Å². The van der Waals surface area contributed by atoms with Crippen LogP contribution >= 0.6 is 0 Å². The molecule has 6 heterocycles. The van der Waals surface area contributed by atoms with E-state index in [0.717, 1.165) is 52.9 Å². The maximum atomic E-state index is 15.4. The number of carbonyl (C=O) groups excluding carboxylic acids is 4. The highest BCUT2D eigenvalue weighted by Crippen LogP contribution is 2.70. The van der Waals surface area contributed by atoms with Gasteiger partial charge in [-0.05, 0) is 73.1 Å². The third-order valence-corrected chi connectivity index (χ3v) is 15.8. The molecule has 1 radical (unpaired) electrons. The van der Waals surface area contributed by atoms with Gasteiger partial charge in [0.05, 0.1) is 44.5 Å². The molecule has 3 unspecified atom stereocenters. The zero-order chi connectivity index (χ0) is 43.4. The second-order valence-electron chi connectivity index (χ2n) is 18.3. The molecule has 8 aliphatic rings. The minimum atomic E-state index is -2.29. The third kappa shape index (κ3) is 5.53. The van der Waals surface area contributed by atoms with Crippen molar-refractivity contribution in [2.45, 2.75) is 76.3 Å². The van der Waals surface area contributed by atoms with Crippen LogP contribution in [0, 0.1) is 28.1 Å². The minimum absolute atomic E-state index is 0.000169. The van der Waals surface area contributed by atoms with Crippen LogP contribution in [0.15, 0.2) is 70.9 Å². The molecular formula is C47H57BN3O10. The van der Waals surface area contributed by atoms with Crippen molar-refractivity contribution in [2.75, 3.05) is 68.2 Å². The van der Waals surface area contributed by atoms with Crippen molar-refractivity contribution in [1.82, 2.24) is 14.7 Å². The standard InChI is InChI=1S/C47H57BN3O10/c1-9-27-18-28-22-46(42(54)59-7,37-31(25-50(23-27)24-28)30-19-29(38(53)58-6)12-13-34(30)48-37)33-20-32-35(21-36(33)57-5)49(4)40-45(32)15-17-51-16-11-14-44(10-2,39(45)51)41(61-26(3)52)47(40,56)43(55)60-8/h11-14,18-21,28,33,36,39-41,56H,9-10,15-17,22-25H2,1-8H3/t28-,33?,36?,39+,40-,41-,44-,45-,46+,47+/m1/s1. The molecule has 1 saturated carbocycles. The Labute approximate surface area is 358 Å². The van der Waals surface area contributed by atoms with Crippen molar-refractivity contribution >= 4 is 42.2 Å². The molecule has 2 bridgehead atoms. The number of esters is 4. The normalized spacial score (nSPS) is 37.9. The van der Waals surface area contributed by atoms with Gasteiger partial charge in [-0.25, -0.2) is 9.59 Å². The van der Waals surface area contributed by atoms with E-state index in [1.54, 1.807) is 13.2 Å². The number of likely N-dealkylation sites (tertiary alicyclic amines) is 1. The SMILES string of the molecule is CCC1=C[C@H]2CN(C1)CC1=C([B]c3ccc(C(=O)OC)cc31)[C@@](C(=O)OC)(C1C=C3C(=CC1OC)N(C)[C@H]1[C@@](O)(C(=O)OC)[C@H](OC(C)=O)[C@]4(CC)C=CCN5CC[C@]31[C@@H]54)C2. The van der Waals surface area contributed by atoms with Gasteiger partial charge in [0.2, 0.25) is 5.60 Å². The first kappa shape index (κ1) is 41.8. The third-order valence-electron chi connectivity index (χ3n) is 15.8. The fourth-order valence-corrected chi connectivity index (χ4v) is 13.7. The number of aliphatic hydroxyl groups is 1. The number of fused-ring (bicyclic) bond motifs is 5. The quantitative estimate of drug-likeness (QED) is 0.178. The smallest absolute Gasteiger partial charge is 0.344 e. The molecule has 323 valence electrons. The van der Waals surface area contributed by atoms with Gasteiger partial charge in [-0.2, -0.15) is 0 Å². The Morgan fingerprint density at radius 2 is 1.74 bits per heavy atom. The molecule has 1 spiro atoms. The highest BCUT2D eigenvalue weighted by Gasteiger charge is 2.81. The van der Waals surface area contributed by atoms with Crippen LogP contribution in [0.4, 0.5) is 0 Å². The van der Waals surface area contributed by atoms with Crippen LogP contribution in [0.1, 0.15) is 62.4 Å². The average Bonchev–Trinajstić information content (AvgIpc) is 3.91. The number of carbonyl (C=O) groups is 4. The lowest BCUT2D eigenvalue weighted by Gasteiger charge is -2.63. The van der Waals surface area contributed by atoms with Crippen molar-refractivity contribution < 1.29 is 48.0 Å². The number of benzene rings is 1. The molecule has 11 atom stereocenters. The number of rotatable bonds is 8. The molecule has 1 N–H and O–H groups in total. The van der Waals surface area contributed by atoms with E-state index in [1.807, 2.05) is 31.0 Å². The van der Waals surface area contributed by atoms with Gasteiger partial charge in [0, 0.05) is 75.7 Å². The molecule has 0 aromatic heterocycles. The maximum absolute atomic E-state index is 15.4. The summed E-state index contributed by atoms with van der Waals surface area (Å²) in [4.78, 5) is 62.6.